The first-order valence-electron chi connectivity index (χ1n) is 8.79. The van der Waals surface area contributed by atoms with Crippen LogP contribution in [0.25, 0.3) is 5.70 Å². The Morgan fingerprint density at radius 2 is 1.96 bits per heavy atom. The molecular weight excluding hydrogens is 342 g/mol. The second kappa shape index (κ2) is 7.16. The largest absolute Gasteiger partial charge is 0.463 e. The lowest BCUT2D eigenvalue weighted by Gasteiger charge is -2.44. The summed E-state index contributed by atoms with van der Waals surface area (Å²) in [6.45, 7) is 2.45. The van der Waals surface area contributed by atoms with Gasteiger partial charge in [-0.15, -0.1) is 12.4 Å². The van der Waals surface area contributed by atoms with Crippen molar-refractivity contribution >= 4 is 24.1 Å². The van der Waals surface area contributed by atoms with Crippen molar-refractivity contribution in [2.24, 2.45) is 0 Å². The highest BCUT2D eigenvalue weighted by molar-refractivity contribution is 5.92. The lowest BCUT2D eigenvalue weighted by Crippen LogP contribution is -2.50. The van der Waals surface area contributed by atoms with E-state index < -0.39 is 0 Å². The van der Waals surface area contributed by atoms with E-state index in [1.165, 1.54) is 24.8 Å². The van der Waals surface area contributed by atoms with E-state index in [9.17, 15) is 4.79 Å². The fraction of sp³-hybridized carbons (Fsp3) is 0.526. The highest BCUT2D eigenvalue weighted by Gasteiger charge is 2.38. The molecule has 0 aromatic heterocycles. The monoisotopic (exact) mass is 365 g/mol. The summed E-state index contributed by atoms with van der Waals surface area (Å²) in [6.07, 6.45) is 8.52. The van der Waals surface area contributed by atoms with Gasteiger partial charge in [-0.3, -0.25) is 0 Å². The molecule has 0 atom stereocenters. The molecule has 0 amide bonds. The number of esters is 1. The van der Waals surface area contributed by atoms with Crippen LogP contribution in [-0.2, 0) is 16.0 Å². The van der Waals surface area contributed by atoms with Gasteiger partial charge in [0.05, 0.1) is 6.61 Å². The summed E-state index contributed by atoms with van der Waals surface area (Å²) in [5.41, 5.74) is 3.12. The van der Waals surface area contributed by atoms with Gasteiger partial charge in [0.2, 0.25) is 6.79 Å². The topological polar surface area (TPSA) is 56.8 Å². The van der Waals surface area contributed by atoms with Gasteiger partial charge in [0.15, 0.2) is 11.5 Å². The molecule has 6 heteroatoms. The molecule has 4 rings (SSSR count). The SMILES string of the molecule is CCOC(=O)/C=C1/NC2(CCCCC2)Cc2cc3c(cc21)OCO3.Cl. The number of benzene rings is 1. The summed E-state index contributed by atoms with van der Waals surface area (Å²) < 4.78 is 16.2. The van der Waals surface area contributed by atoms with Crippen LogP contribution in [0.5, 0.6) is 11.5 Å². The van der Waals surface area contributed by atoms with Gasteiger partial charge in [-0.25, -0.2) is 4.79 Å². The van der Waals surface area contributed by atoms with E-state index in [2.05, 4.69) is 11.4 Å². The van der Waals surface area contributed by atoms with Crippen LogP contribution in [0, 0.1) is 0 Å². The Bertz CT molecular complexity index is 695. The minimum Gasteiger partial charge on any atom is -0.463 e. The third-order valence-electron chi connectivity index (χ3n) is 5.18. The highest BCUT2D eigenvalue weighted by Crippen LogP contribution is 2.43. The zero-order chi connectivity index (χ0) is 16.6. The highest BCUT2D eigenvalue weighted by atomic mass is 35.5. The smallest absolute Gasteiger partial charge is 0.332 e. The molecule has 0 bridgehead atoms. The van der Waals surface area contributed by atoms with Crippen LogP contribution in [0.3, 0.4) is 0 Å². The molecule has 1 aromatic rings. The molecule has 2 heterocycles. The van der Waals surface area contributed by atoms with E-state index in [1.807, 2.05) is 13.0 Å². The first kappa shape index (κ1) is 17.9. The third kappa shape index (κ3) is 3.43. The molecule has 2 aliphatic heterocycles. The van der Waals surface area contributed by atoms with Gasteiger partial charge in [-0.1, -0.05) is 19.3 Å². The van der Waals surface area contributed by atoms with Crippen LogP contribution in [0.1, 0.15) is 50.2 Å². The van der Waals surface area contributed by atoms with E-state index in [0.29, 0.717) is 6.61 Å². The molecule has 3 aliphatic rings. The summed E-state index contributed by atoms with van der Waals surface area (Å²) in [5.74, 6) is 1.23. The summed E-state index contributed by atoms with van der Waals surface area (Å²) in [4.78, 5) is 12.0. The Morgan fingerprint density at radius 3 is 2.68 bits per heavy atom. The molecule has 1 N–H and O–H groups in total. The van der Waals surface area contributed by atoms with Crippen molar-refractivity contribution in [1.29, 1.82) is 0 Å². The molecule has 136 valence electrons. The fourth-order valence-corrected chi connectivity index (χ4v) is 4.09. The maximum atomic E-state index is 12.0. The molecule has 1 aliphatic carbocycles. The Kier molecular flexibility index (Phi) is 5.13. The zero-order valence-corrected chi connectivity index (χ0v) is 15.2. The molecule has 25 heavy (non-hydrogen) atoms. The predicted molar refractivity (Wildman–Crippen MR) is 97.1 cm³/mol. The number of rotatable bonds is 2. The lowest BCUT2D eigenvalue weighted by atomic mass is 9.73. The normalized spacial score (nSPS) is 21.2. The number of ether oxygens (including phenoxy) is 3. The maximum Gasteiger partial charge on any atom is 0.332 e. The van der Waals surface area contributed by atoms with E-state index in [1.54, 1.807) is 6.08 Å². The fourth-order valence-electron chi connectivity index (χ4n) is 4.09. The van der Waals surface area contributed by atoms with Gasteiger partial charge >= 0.3 is 5.97 Å². The van der Waals surface area contributed by atoms with Crippen molar-refractivity contribution in [2.45, 2.75) is 51.0 Å². The zero-order valence-electron chi connectivity index (χ0n) is 14.4. The van der Waals surface area contributed by atoms with Gasteiger partial charge in [-0.05, 0) is 43.9 Å². The van der Waals surface area contributed by atoms with Crippen molar-refractivity contribution in [1.82, 2.24) is 5.32 Å². The number of hydrogen-bond donors (Lipinski definition) is 1. The Labute approximate surface area is 154 Å². The van der Waals surface area contributed by atoms with E-state index in [-0.39, 0.29) is 30.7 Å². The van der Waals surface area contributed by atoms with Crippen LogP contribution < -0.4 is 14.8 Å². The minimum atomic E-state index is -0.309. The van der Waals surface area contributed by atoms with Gasteiger partial charge in [0.1, 0.15) is 0 Å². The lowest BCUT2D eigenvalue weighted by molar-refractivity contribution is -0.137. The van der Waals surface area contributed by atoms with Gasteiger partial charge in [0, 0.05) is 22.9 Å². The Hall–Kier alpha value is -1.88. The first-order valence-corrected chi connectivity index (χ1v) is 8.79. The van der Waals surface area contributed by atoms with Crippen LogP contribution in [0.15, 0.2) is 18.2 Å². The van der Waals surface area contributed by atoms with Crippen LogP contribution in [0.2, 0.25) is 0 Å². The molecule has 1 aromatic carbocycles. The number of carbonyl (C=O) groups is 1. The average Bonchev–Trinajstić information content (AvgIpc) is 3.01. The summed E-state index contributed by atoms with van der Waals surface area (Å²) in [5, 5.41) is 3.67. The number of carbonyl (C=O) groups excluding carboxylic acids is 1. The predicted octanol–water partition coefficient (Wildman–Crippen LogP) is 3.59. The third-order valence-corrected chi connectivity index (χ3v) is 5.18. The number of halogens is 1. The summed E-state index contributed by atoms with van der Waals surface area (Å²) >= 11 is 0. The average molecular weight is 366 g/mol. The summed E-state index contributed by atoms with van der Waals surface area (Å²) in [6, 6.07) is 4.05. The van der Waals surface area contributed by atoms with Crippen molar-refractivity contribution in [3.8, 4) is 11.5 Å². The van der Waals surface area contributed by atoms with Crippen molar-refractivity contribution in [2.75, 3.05) is 13.4 Å². The van der Waals surface area contributed by atoms with Crippen LogP contribution >= 0.6 is 12.4 Å². The Morgan fingerprint density at radius 1 is 1.24 bits per heavy atom. The summed E-state index contributed by atoms with van der Waals surface area (Å²) in [7, 11) is 0. The molecular formula is C19H24ClNO4. The quantitative estimate of drug-likeness (QED) is 0.641. The molecule has 5 nitrogen and oxygen atoms in total. The second-order valence-electron chi connectivity index (χ2n) is 6.82. The second-order valence-corrected chi connectivity index (χ2v) is 6.82. The van der Waals surface area contributed by atoms with E-state index >= 15 is 0 Å². The van der Waals surface area contributed by atoms with Crippen LogP contribution in [0.4, 0.5) is 0 Å². The van der Waals surface area contributed by atoms with Crippen molar-refractivity contribution in [3.05, 3.63) is 29.3 Å². The number of fused-ring (bicyclic) bond motifs is 2. The number of nitrogens with one attached hydrogen (secondary N) is 1. The maximum absolute atomic E-state index is 12.0. The van der Waals surface area contributed by atoms with Gasteiger partial charge in [0.25, 0.3) is 0 Å². The van der Waals surface area contributed by atoms with E-state index in [0.717, 1.165) is 42.0 Å². The van der Waals surface area contributed by atoms with Crippen molar-refractivity contribution < 1.29 is 19.0 Å². The molecule has 1 fully saturated rings. The molecule has 0 unspecified atom stereocenters. The van der Waals surface area contributed by atoms with Gasteiger partial charge in [-0.2, -0.15) is 0 Å². The first-order chi connectivity index (χ1) is 11.7. The van der Waals surface area contributed by atoms with E-state index in [4.69, 9.17) is 14.2 Å². The van der Waals surface area contributed by atoms with Gasteiger partial charge < -0.3 is 19.5 Å². The van der Waals surface area contributed by atoms with Crippen molar-refractivity contribution in [3.63, 3.8) is 0 Å². The van der Waals surface area contributed by atoms with Crippen LogP contribution in [-0.4, -0.2) is 24.9 Å². The molecule has 0 radical (unpaired) electrons. The standard InChI is InChI=1S/C19H23NO4.ClH/c1-2-22-18(21)10-15-14-9-17-16(23-12-24-17)8-13(14)11-19(20-15)6-4-3-5-7-19;/h8-10,20H,2-7,11-12H2,1H3;1H/b15-10+;. The molecule has 1 spiro atoms. The number of hydrogen-bond acceptors (Lipinski definition) is 5. The Balaban J connectivity index is 0.00000182. The molecule has 1 saturated carbocycles. The minimum absolute atomic E-state index is 0. The molecule has 0 saturated heterocycles.